The number of nitro groups is 1. The van der Waals surface area contributed by atoms with Gasteiger partial charge in [-0.05, 0) is 18.4 Å². The Bertz CT molecular complexity index is 438. The Morgan fingerprint density at radius 2 is 1.84 bits per heavy atom. The van der Waals surface area contributed by atoms with Gasteiger partial charge < -0.3 is 4.79 Å². The highest BCUT2D eigenvalue weighted by atomic mass is 16.6. The van der Waals surface area contributed by atoms with Gasteiger partial charge in [-0.1, -0.05) is 49.6 Å². The highest BCUT2D eigenvalue weighted by molar-refractivity contribution is 5.62. The molecule has 1 aromatic rings. The van der Waals surface area contributed by atoms with Crippen LogP contribution in [-0.2, 0) is 4.79 Å². The van der Waals surface area contributed by atoms with E-state index in [0.29, 0.717) is 0 Å². The molecule has 0 radical (unpaired) electrons. The predicted octanol–water partition coefficient (Wildman–Crippen LogP) is 3.20. The van der Waals surface area contributed by atoms with E-state index in [0.717, 1.165) is 44.0 Å². The summed E-state index contributed by atoms with van der Waals surface area (Å²) in [6.07, 6.45) is 5.61. The molecule has 0 N–H and O–H groups in total. The van der Waals surface area contributed by atoms with Crippen LogP contribution in [0.15, 0.2) is 30.3 Å². The molecule has 0 aromatic heterocycles. The predicted molar refractivity (Wildman–Crippen MR) is 72.6 cm³/mol. The molecule has 0 amide bonds. The zero-order valence-electron chi connectivity index (χ0n) is 11.0. The average molecular weight is 261 g/mol. The standard InChI is InChI=1S/C15H19NO3/c17-12-15(9-5-2-6-10-15)14(11-16(18)19)13-7-3-1-4-8-13/h1,3-4,7-8,12,14H,2,5-6,9-11H2/t14-/m1/s1. The monoisotopic (exact) mass is 261 g/mol. The Morgan fingerprint density at radius 3 is 2.37 bits per heavy atom. The molecule has 0 aliphatic heterocycles. The second-order valence-electron chi connectivity index (χ2n) is 5.39. The SMILES string of the molecule is O=CC1([C@H](C[N+](=O)[O-])c2ccccc2)CCCCC1. The molecule has 1 fully saturated rings. The first kappa shape index (κ1) is 13.7. The van der Waals surface area contributed by atoms with Crippen LogP contribution in [0.3, 0.4) is 0 Å². The number of nitrogens with zero attached hydrogens (tertiary/aromatic N) is 1. The van der Waals surface area contributed by atoms with Gasteiger partial charge in [0.25, 0.3) is 0 Å². The van der Waals surface area contributed by atoms with Gasteiger partial charge in [-0.15, -0.1) is 0 Å². The van der Waals surface area contributed by atoms with Crippen LogP contribution in [0.1, 0.15) is 43.6 Å². The summed E-state index contributed by atoms with van der Waals surface area (Å²) in [6, 6.07) is 9.44. The fraction of sp³-hybridized carbons (Fsp3) is 0.533. The van der Waals surface area contributed by atoms with E-state index in [9.17, 15) is 14.9 Å². The van der Waals surface area contributed by atoms with Crippen LogP contribution in [0.2, 0.25) is 0 Å². The molecule has 0 saturated heterocycles. The van der Waals surface area contributed by atoms with Crippen LogP contribution in [0, 0.1) is 15.5 Å². The molecule has 4 nitrogen and oxygen atoms in total. The van der Waals surface area contributed by atoms with Crippen LogP contribution in [0.25, 0.3) is 0 Å². The molecule has 102 valence electrons. The van der Waals surface area contributed by atoms with Crippen molar-refractivity contribution in [2.24, 2.45) is 5.41 Å². The highest BCUT2D eigenvalue weighted by Crippen LogP contribution is 2.45. The van der Waals surface area contributed by atoms with Crippen LogP contribution in [0.5, 0.6) is 0 Å². The number of rotatable bonds is 5. The quantitative estimate of drug-likeness (QED) is 0.464. The number of benzene rings is 1. The van der Waals surface area contributed by atoms with Gasteiger partial charge in [-0.3, -0.25) is 10.1 Å². The van der Waals surface area contributed by atoms with Crippen molar-refractivity contribution in [2.45, 2.75) is 38.0 Å². The van der Waals surface area contributed by atoms with Crippen LogP contribution < -0.4 is 0 Å². The minimum Gasteiger partial charge on any atom is -0.303 e. The average Bonchev–Trinajstić information content (AvgIpc) is 2.46. The summed E-state index contributed by atoms with van der Waals surface area (Å²) in [5.41, 5.74) is 0.361. The Balaban J connectivity index is 2.35. The maximum atomic E-state index is 11.7. The Hall–Kier alpha value is -1.71. The second kappa shape index (κ2) is 5.95. The maximum Gasteiger partial charge on any atom is 0.211 e. The third-order valence-electron chi connectivity index (χ3n) is 4.25. The molecule has 0 unspecified atom stereocenters. The first-order valence-corrected chi connectivity index (χ1v) is 6.81. The summed E-state index contributed by atoms with van der Waals surface area (Å²) in [5, 5.41) is 11.0. The van der Waals surface area contributed by atoms with E-state index in [1.54, 1.807) is 0 Å². The van der Waals surface area contributed by atoms with Gasteiger partial charge in [-0.25, -0.2) is 0 Å². The Kier molecular flexibility index (Phi) is 4.30. The first-order chi connectivity index (χ1) is 9.18. The summed E-state index contributed by atoms with van der Waals surface area (Å²) in [5.74, 6) is -0.304. The molecule has 0 spiro atoms. The topological polar surface area (TPSA) is 60.2 Å². The normalized spacial score (nSPS) is 19.6. The summed E-state index contributed by atoms with van der Waals surface area (Å²) in [6.45, 7) is -0.164. The molecule has 19 heavy (non-hydrogen) atoms. The van der Waals surface area contributed by atoms with Crippen molar-refractivity contribution in [2.75, 3.05) is 6.54 Å². The maximum absolute atomic E-state index is 11.7. The van der Waals surface area contributed by atoms with E-state index >= 15 is 0 Å². The van der Waals surface area contributed by atoms with Gasteiger partial charge in [0, 0.05) is 10.3 Å². The molecule has 4 heteroatoms. The number of hydrogen-bond donors (Lipinski definition) is 0. The van der Waals surface area contributed by atoms with Gasteiger partial charge in [-0.2, -0.15) is 0 Å². The van der Waals surface area contributed by atoms with Gasteiger partial charge in [0.15, 0.2) is 0 Å². The number of carbonyl (C=O) groups is 1. The Labute approximate surface area is 113 Å². The molecule has 2 rings (SSSR count). The minimum atomic E-state index is -0.549. The van der Waals surface area contributed by atoms with E-state index in [1.165, 1.54) is 0 Å². The molecule has 1 saturated carbocycles. The van der Waals surface area contributed by atoms with Crippen LogP contribution >= 0.6 is 0 Å². The minimum absolute atomic E-state index is 0.164. The fourth-order valence-electron chi connectivity index (χ4n) is 3.21. The van der Waals surface area contributed by atoms with Gasteiger partial charge in [0.2, 0.25) is 6.54 Å². The molecular weight excluding hydrogens is 242 g/mol. The number of aldehydes is 1. The van der Waals surface area contributed by atoms with E-state index in [-0.39, 0.29) is 17.4 Å². The summed E-state index contributed by atoms with van der Waals surface area (Å²) in [7, 11) is 0. The fourth-order valence-corrected chi connectivity index (χ4v) is 3.21. The highest BCUT2D eigenvalue weighted by Gasteiger charge is 2.43. The van der Waals surface area contributed by atoms with E-state index < -0.39 is 5.41 Å². The molecule has 1 aliphatic rings. The lowest BCUT2D eigenvalue weighted by atomic mass is 9.64. The summed E-state index contributed by atoms with van der Waals surface area (Å²) >= 11 is 0. The smallest absolute Gasteiger partial charge is 0.211 e. The van der Waals surface area contributed by atoms with Crippen LogP contribution in [-0.4, -0.2) is 17.8 Å². The van der Waals surface area contributed by atoms with E-state index in [2.05, 4.69) is 0 Å². The zero-order chi connectivity index (χ0) is 13.7. The van der Waals surface area contributed by atoms with Crippen LogP contribution in [0.4, 0.5) is 0 Å². The number of carbonyl (C=O) groups excluding carboxylic acids is 1. The zero-order valence-corrected chi connectivity index (χ0v) is 11.0. The lowest BCUT2D eigenvalue weighted by Gasteiger charge is -2.37. The third-order valence-corrected chi connectivity index (χ3v) is 4.25. The molecule has 1 atom stereocenters. The van der Waals surface area contributed by atoms with Crippen molar-refractivity contribution in [3.8, 4) is 0 Å². The second-order valence-corrected chi connectivity index (χ2v) is 5.39. The Morgan fingerprint density at radius 1 is 1.21 bits per heavy atom. The molecule has 1 aromatic carbocycles. The van der Waals surface area contributed by atoms with Crippen molar-refractivity contribution in [1.82, 2.24) is 0 Å². The van der Waals surface area contributed by atoms with E-state index in [4.69, 9.17) is 0 Å². The first-order valence-electron chi connectivity index (χ1n) is 6.81. The van der Waals surface area contributed by atoms with Gasteiger partial charge in [0.1, 0.15) is 6.29 Å². The van der Waals surface area contributed by atoms with Crippen molar-refractivity contribution >= 4 is 6.29 Å². The third kappa shape index (κ3) is 3.00. The van der Waals surface area contributed by atoms with E-state index in [1.807, 2.05) is 30.3 Å². The lowest BCUT2D eigenvalue weighted by Crippen LogP contribution is -2.36. The molecule has 0 heterocycles. The van der Waals surface area contributed by atoms with Crippen molar-refractivity contribution in [1.29, 1.82) is 0 Å². The summed E-state index contributed by atoms with van der Waals surface area (Å²) in [4.78, 5) is 22.3. The van der Waals surface area contributed by atoms with Crippen molar-refractivity contribution < 1.29 is 9.72 Å². The molecular formula is C15H19NO3. The lowest BCUT2D eigenvalue weighted by molar-refractivity contribution is -0.486. The largest absolute Gasteiger partial charge is 0.303 e. The van der Waals surface area contributed by atoms with Crippen molar-refractivity contribution in [3.05, 3.63) is 46.0 Å². The van der Waals surface area contributed by atoms with Crippen molar-refractivity contribution in [3.63, 3.8) is 0 Å². The summed E-state index contributed by atoms with van der Waals surface area (Å²) < 4.78 is 0. The molecule has 0 bridgehead atoms. The van der Waals surface area contributed by atoms with Gasteiger partial charge in [0.05, 0.1) is 5.92 Å². The van der Waals surface area contributed by atoms with Gasteiger partial charge >= 0.3 is 0 Å². The number of hydrogen-bond acceptors (Lipinski definition) is 3. The molecule has 1 aliphatic carbocycles.